The maximum atomic E-state index is 13.2. The van der Waals surface area contributed by atoms with Gasteiger partial charge < -0.3 is 24.6 Å². The molecule has 0 bridgehead atoms. The van der Waals surface area contributed by atoms with Crippen molar-refractivity contribution in [1.29, 1.82) is 0 Å². The number of nitrogens with zero attached hydrogens (tertiary/aromatic N) is 2. The molecule has 4 atom stereocenters. The summed E-state index contributed by atoms with van der Waals surface area (Å²) in [6, 6.07) is 0. The van der Waals surface area contributed by atoms with Crippen LogP contribution < -0.4 is 0 Å². The predicted octanol–water partition coefficient (Wildman–Crippen LogP) is 10.5. The van der Waals surface area contributed by atoms with Crippen molar-refractivity contribution in [3.63, 3.8) is 0 Å². The lowest BCUT2D eigenvalue weighted by atomic mass is 9.98. The molecule has 0 radical (unpaired) electrons. The molecular weight excluding hydrogens is 717 g/mol. The summed E-state index contributed by atoms with van der Waals surface area (Å²) in [5, 5.41) is 19.8. The molecular formula is C48H88N2O7. The van der Waals surface area contributed by atoms with Gasteiger partial charge in [0, 0.05) is 25.9 Å². The number of likely N-dealkylation sites (tertiary alicyclic amines) is 1. The molecule has 57 heavy (non-hydrogen) atoms. The number of hydrogen-bond acceptors (Lipinski definition) is 8. The molecule has 1 amide bonds. The van der Waals surface area contributed by atoms with Crippen LogP contribution in [0.5, 0.6) is 0 Å². The van der Waals surface area contributed by atoms with E-state index < -0.39 is 12.2 Å². The SMILES string of the molecule is CCCCC/C=C\CC(C)CCCCCCCCC(=O)OCCN(CCOC(=O)CCCCCCC/C=C\CC(C)CCCCCC)C(=O)CN1C[C@@H](O)[C@@H](O)C1. The van der Waals surface area contributed by atoms with Gasteiger partial charge in [-0.05, 0) is 63.2 Å². The van der Waals surface area contributed by atoms with Gasteiger partial charge in [0.15, 0.2) is 0 Å². The summed E-state index contributed by atoms with van der Waals surface area (Å²) < 4.78 is 11.0. The van der Waals surface area contributed by atoms with E-state index in [1.807, 2.05) is 0 Å². The van der Waals surface area contributed by atoms with E-state index in [1.165, 1.54) is 103 Å². The van der Waals surface area contributed by atoms with Crippen LogP contribution in [0.4, 0.5) is 0 Å². The quantitative estimate of drug-likeness (QED) is 0.0360. The van der Waals surface area contributed by atoms with E-state index in [9.17, 15) is 24.6 Å². The van der Waals surface area contributed by atoms with Crippen molar-refractivity contribution in [2.24, 2.45) is 11.8 Å². The van der Waals surface area contributed by atoms with Crippen LogP contribution in [0, 0.1) is 11.8 Å². The minimum atomic E-state index is -0.880. The van der Waals surface area contributed by atoms with Gasteiger partial charge in [-0.2, -0.15) is 0 Å². The van der Waals surface area contributed by atoms with E-state index >= 15 is 0 Å². The van der Waals surface area contributed by atoms with Gasteiger partial charge in [0.1, 0.15) is 13.2 Å². The van der Waals surface area contributed by atoms with Crippen molar-refractivity contribution in [3.8, 4) is 0 Å². The van der Waals surface area contributed by atoms with Crippen molar-refractivity contribution in [3.05, 3.63) is 24.3 Å². The van der Waals surface area contributed by atoms with E-state index in [1.54, 1.807) is 9.80 Å². The summed E-state index contributed by atoms with van der Waals surface area (Å²) >= 11 is 0. The number of amides is 1. The van der Waals surface area contributed by atoms with Crippen LogP contribution in [0.2, 0.25) is 0 Å². The fraction of sp³-hybridized carbons (Fsp3) is 0.854. The van der Waals surface area contributed by atoms with Gasteiger partial charge in [0.05, 0.1) is 31.8 Å². The molecule has 0 saturated carbocycles. The number of aliphatic hydroxyl groups excluding tert-OH is 2. The number of ether oxygens (including phenoxy) is 2. The standard InChI is InChI=1S/C48H88N2O7/c1-5-7-9-11-18-24-30-43(4)32-26-20-16-17-22-28-34-48(55)57-38-36-50(46(53)41-49-39-44(51)45(52)40-49)35-37-56-47(54)33-27-21-15-13-12-14-19-25-31-42(3)29-23-10-8-6-2/h18-19,24-25,42-45,51-52H,5-17,20-23,26-41H2,1-4H3/b24-18-,25-19-/t42?,43?,44-,45+. The van der Waals surface area contributed by atoms with Gasteiger partial charge in [-0.15, -0.1) is 0 Å². The molecule has 1 fully saturated rings. The average molecular weight is 805 g/mol. The Morgan fingerprint density at radius 2 is 1.00 bits per heavy atom. The van der Waals surface area contributed by atoms with E-state index in [-0.39, 0.29) is 63.8 Å². The highest BCUT2D eigenvalue weighted by atomic mass is 16.5. The Morgan fingerprint density at radius 3 is 1.49 bits per heavy atom. The van der Waals surface area contributed by atoms with E-state index in [0.717, 1.165) is 63.2 Å². The van der Waals surface area contributed by atoms with E-state index in [4.69, 9.17) is 9.47 Å². The predicted molar refractivity (Wildman–Crippen MR) is 235 cm³/mol. The Labute approximate surface area is 349 Å². The van der Waals surface area contributed by atoms with Crippen LogP contribution in [-0.2, 0) is 23.9 Å². The van der Waals surface area contributed by atoms with Crippen LogP contribution in [0.15, 0.2) is 24.3 Å². The van der Waals surface area contributed by atoms with Crippen LogP contribution >= 0.6 is 0 Å². The molecule has 2 N–H and O–H groups in total. The number of aliphatic hydroxyl groups is 2. The first kappa shape index (κ1) is 52.8. The molecule has 1 aliphatic rings. The lowest BCUT2D eigenvalue weighted by molar-refractivity contribution is -0.148. The maximum Gasteiger partial charge on any atom is 0.305 e. The third kappa shape index (κ3) is 31.4. The first-order chi connectivity index (χ1) is 27.7. The number of allylic oxidation sites excluding steroid dienone is 4. The van der Waals surface area contributed by atoms with Crippen LogP contribution in [0.1, 0.15) is 195 Å². The molecule has 1 saturated heterocycles. The fourth-order valence-electron chi connectivity index (χ4n) is 7.40. The summed E-state index contributed by atoms with van der Waals surface area (Å²) in [6.45, 7) is 10.2. The number of rotatable bonds is 38. The van der Waals surface area contributed by atoms with Gasteiger partial charge in [0.2, 0.25) is 5.91 Å². The number of β-amino-alcohol motifs (C(OH)–C–C–N with tert-alkyl or cyclic N) is 2. The first-order valence-electron chi connectivity index (χ1n) is 23.6. The number of carbonyl (C=O) groups is 3. The Morgan fingerprint density at radius 1 is 0.596 bits per heavy atom. The highest BCUT2D eigenvalue weighted by Crippen LogP contribution is 2.17. The fourth-order valence-corrected chi connectivity index (χ4v) is 7.40. The topological polar surface area (TPSA) is 117 Å². The van der Waals surface area contributed by atoms with Gasteiger partial charge in [0.25, 0.3) is 0 Å². The van der Waals surface area contributed by atoms with Gasteiger partial charge in [-0.25, -0.2) is 0 Å². The van der Waals surface area contributed by atoms with Crippen molar-refractivity contribution < 1.29 is 34.1 Å². The van der Waals surface area contributed by atoms with Crippen LogP contribution in [0.3, 0.4) is 0 Å². The average Bonchev–Trinajstić information content (AvgIpc) is 3.50. The molecule has 332 valence electrons. The molecule has 0 aliphatic carbocycles. The zero-order chi connectivity index (χ0) is 41.8. The van der Waals surface area contributed by atoms with Crippen LogP contribution in [0.25, 0.3) is 0 Å². The Bertz CT molecular complexity index is 1040. The molecule has 1 heterocycles. The molecule has 0 aromatic carbocycles. The minimum absolute atomic E-state index is 0.0269. The van der Waals surface area contributed by atoms with Crippen molar-refractivity contribution in [2.75, 3.05) is 45.9 Å². The monoisotopic (exact) mass is 805 g/mol. The normalized spacial score (nSPS) is 17.1. The van der Waals surface area contributed by atoms with Crippen LogP contribution in [-0.4, -0.2) is 96.0 Å². The third-order valence-corrected chi connectivity index (χ3v) is 11.3. The lowest BCUT2D eigenvalue weighted by Crippen LogP contribution is -2.43. The van der Waals surface area contributed by atoms with Gasteiger partial charge in [-0.3, -0.25) is 19.3 Å². The molecule has 2 unspecified atom stereocenters. The molecule has 1 rings (SSSR count). The molecule has 9 nitrogen and oxygen atoms in total. The largest absolute Gasteiger partial charge is 0.464 e. The minimum Gasteiger partial charge on any atom is -0.464 e. The third-order valence-electron chi connectivity index (χ3n) is 11.3. The number of esters is 2. The highest BCUT2D eigenvalue weighted by molar-refractivity contribution is 5.78. The summed E-state index contributed by atoms with van der Waals surface area (Å²) in [5.74, 6) is 0.768. The summed E-state index contributed by atoms with van der Waals surface area (Å²) in [7, 11) is 0. The van der Waals surface area contributed by atoms with Gasteiger partial charge in [-0.1, -0.05) is 155 Å². The second-order valence-electron chi connectivity index (χ2n) is 17.1. The zero-order valence-electron chi connectivity index (χ0n) is 37.3. The number of carbonyl (C=O) groups excluding carboxylic acids is 3. The lowest BCUT2D eigenvalue weighted by Gasteiger charge is -2.25. The Balaban J connectivity index is 2.23. The first-order valence-corrected chi connectivity index (χ1v) is 23.6. The number of hydrogen-bond donors (Lipinski definition) is 2. The Kier molecular flexibility index (Phi) is 34.1. The Hall–Kier alpha value is -2.23. The maximum absolute atomic E-state index is 13.2. The molecule has 0 aromatic rings. The second kappa shape index (κ2) is 36.8. The molecule has 1 aliphatic heterocycles. The molecule has 9 heteroatoms. The van der Waals surface area contributed by atoms with E-state index in [0.29, 0.717) is 12.8 Å². The van der Waals surface area contributed by atoms with Crippen molar-refractivity contribution in [2.45, 2.75) is 207 Å². The number of unbranched alkanes of at least 4 members (excludes halogenated alkanes) is 16. The second-order valence-corrected chi connectivity index (χ2v) is 17.1. The van der Waals surface area contributed by atoms with Crippen molar-refractivity contribution >= 4 is 17.8 Å². The van der Waals surface area contributed by atoms with Gasteiger partial charge >= 0.3 is 11.9 Å². The summed E-state index contributed by atoms with van der Waals surface area (Å²) in [6.07, 6.45) is 36.8. The van der Waals surface area contributed by atoms with E-state index in [2.05, 4.69) is 52.0 Å². The highest BCUT2D eigenvalue weighted by Gasteiger charge is 2.31. The smallest absolute Gasteiger partial charge is 0.305 e. The molecule has 0 spiro atoms. The summed E-state index contributed by atoms with van der Waals surface area (Å²) in [4.78, 5) is 41.3. The molecule has 0 aromatic heterocycles. The zero-order valence-corrected chi connectivity index (χ0v) is 37.3. The summed E-state index contributed by atoms with van der Waals surface area (Å²) in [5.41, 5.74) is 0. The van der Waals surface area contributed by atoms with Crippen molar-refractivity contribution in [1.82, 2.24) is 9.80 Å².